The molecule has 0 fully saturated rings. The molecule has 1 heterocycles. The lowest BCUT2D eigenvalue weighted by Crippen LogP contribution is -2.37. The maximum absolute atomic E-state index is 13.1. The third-order valence-electron chi connectivity index (χ3n) is 8.13. The Morgan fingerprint density at radius 3 is 2.19 bits per heavy atom. The van der Waals surface area contributed by atoms with E-state index in [1.807, 2.05) is 17.0 Å². The van der Waals surface area contributed by atoms with Crippen molar-refractivity contribution >= 4 is 23.5 Å². The number of hydrogen-bond acceptors (Lipinski definition) is 4. The molecule has 238 valence electrons. The van der Waals surface area contributed by atoms with Crippen LogP contribution in [0, 0.1) is 0 Å². The Hall–Kier alpha value is -2.60. The Morgan fingerprint density at radius 2 is 1.58 bits per heavy atom. The highest BCUT2D eigenvalue weighted by Gasteiger charge is 2.21. The molecule has 6 heteroatoms. The first kappa shape index (κ1) is 34.9. The summed E-state index contributed by atoms with van der Waals surface area (Å²) in [6, 6.07) is 14.7. The second-order valence-corrected chi connectivity index (χ2v) is 13.8. The smallest absolute Gasteiger partial charge is 0.321 e. The number of unbranched alkanes of at least 4 members (excludes halogenated alkanes) is 11. The van der Waals surface area contributed by atoms with Crippen LogP contribution in [0.4, 0.5) is 10.5 Å². The molecule has 1 aliphatic heterocycles. The van der Waals surface area contributed by atoms with E-state index in [-0.39, 0.29) is 11.4 Å². The summed E-state index contributed by atoms with van der Waals surface area (Å²) in [5, 5.41) is 4.96. The van der Waals surface area contributed by atoms with Crippen molar-refractivity contribution in [1.29, 1.82) is 0 Å². The van der Waals surface area contributed by atoms with Crippen molar-refractivity contribution in [3.8, 4) is 5.75 Å². The molecule has 2 aromatic carbocycles. The standard InChI is InChI=1S/C37H57N3O2S/c1-6-7-8-9-10-11-12-13-14-15-16-17-24-42-35-27-32(21-22-34(35)37(2,3)4)29-40(36(41)38-5)33-20-18-19-31(26-33)28-39-23-25-43-30-39/h18-23,25-27H,6-17,24,28-30H2,1-5H3,(H,38,41). The van der Waals surface area contributed by atoms with Gasteiger partial charge in [-0.2, -0.15) is 0 Å². The SMILES string of the molecule is CCCCCCCCCCCCCCOc1cc(CN(C(=O)NC)c2cccc(CN3C=CSC3)c2)ccc1C(C)(C)C. The molecule has 5 nitrogen and oxygen atoms in total. The van der Waals surface area contributed by atoms with Crippen LogP contribution in [0.25, 0.3) is 0 Å². The molecule has 2 amide bonds. The van der Waals surface area contributed by atoms with Crippen LogP contribution in [-0.2, 0) is 18.5 Å². The third kappa shape index (κ3) is 12.5. The summed E-state index contributed by atoms with van der Waals surface area (Å²) in [7, 11) is 1.69. The van der Waals surface area contributed by atoms with Crippen molar-refractivity contribution in [3.63, 3.8) is 0 Å². The number of rotatable bonds is 19. The number of nitrogens with zero attached hydrogens (tertiary/aromatic N) is 2. The molecule has 2 aromatic rings. The monoisotopic (exact) mass is 607 g/mol. The van der Waals surface area contributed by atoms with Gasteiger partial charge in [0.05, 0.1) is 19.0 Å². The van der Waals surface area contributed by atoms with Gasteiger partial charge in [0, 0.05) is 25.5 Å². The molecule has 1 aliphatic rings. The van der Waals surface area contributed by atoms with Gasteiger partial charge in [0.1, 0.15) is 5.75 Å². The largest absolute Gasteiger partial charge is 0.493 e. The summed E-state index contributed by atoms with van der Waals surface area (Å²) in [5.41, 5.74) is 4.33. The highest BCUT2D eigenvalue weighted by molar-refractivity contribution is 8.02. The van der Waals surface area contributed by atoms with Gasteiger partial charge in [-0.3, -0.25) is 4.90 Å². The molecule has 43 heavy (non-hydrogen) atoms. The van der Waals surface area contributed by atoms with Crippen LogP contribution in [0.1, 0.15) is 121 Å². The Kier molecular flexibility index (Phi) is 15.4. The van der Waals surface area contributed by atoms with Crippen molar-refractivity contribution in [2.45, 2.75) is 123 Å². The lowest BCUT2D eigenvalue weighted by Gasteiger charge is -2.26. The Labute approximate surface area is 266 Å². The molecule has 0 aliphatic carbocycles. The number of benzene rings is 2. The van der Waals surface area contributed by atoms with Crippen molar-refractivity contribution in [2.75, 3.05) is 24.4 Å². The zero-order valence-corrected chi connectivity index (χ0v) is 28.4. The van der Waals surface area contributed by atoms with E-state index in [1.54, 1.807) is 18.8 Å². The van der Waals surface area contributed by atoms with Crippen molar-refractivity contribution < 1.29 is 9.53 Å². The molecule has 0 unspecified atom stereocenters. The van der Waals surface area contributed by atoms with Crippen LogP contribution in [0.15, 0.2) is 54.1 Å². The Bertz CT molecular complexity index is 1130. The quantitative estimate of drug-likeness (QED) is 0.161. The number of amides is 2. The first-order valence-electron chi connectivity index (χ1n) is 16.7. The fraction of sp³-hybridized carbons (Fsp3) is 0.595. The first-order valence-corrected chi connectivity index (χ1v) is 17.7. The van der Waals surface area contributed by atoms with Crippen LogP contribution in [0.5, 0.6) is 5.75 Å². The summed E-state index contributed by atoms with van der Waals surface area (Å²) in [5.74, 6) is 1.91. The van der Waals surface area contributed by atoms with Gasteiger partial charge in [-0.1, -0.05) is 123 Å². The average Bonchev–Trinajstić information content (AvgIpc) is 3.50. The highest BCUT2D eigenvalue weighted by atomic mass is 32.2. The predicted molar refractivity (Wildman–Crippen MR) is 186 cm³/mol. The molecular weight excluding hydrogens is 550 g/mol. The molecule has 0 radical (unpaired) electrons. The Balaban J connectivity index is 1.55. The minimum absolute atomic E-state index is 0.0263. The fourth-order valence-electron chi connectivity index (χ4n) is 5.59. The molecule has 0 saturated carbocycles. The van der Waals surface area contributed by atoms with Gasteiger partial charge in [0.2, 0.25) is 0 Å². The van der Waals surface area contributed by atoms with E-state index in [4.69, 9.17) is 4.74 Å². The predicted octanol–water partition coefficient (Wildman–Crippen LogP) is 10.4. The maximum atomic E-state index is 13.1. The highest BCUT2D eigenvalue weighted by Crippen LogP contribution is 2.33. The maximum Gasteiger partial charge on any atom is 0.321 e. The number of anilines is 1. The third-order valence-corrected chi connectivity index (χ3v) is 8.92. The molecule has 0 bridgehead atoms. The number of ether oxygens (including phenoxy) is 1. The lowest BCUT2D eigenvalue weighted by atomic mass is 9.85. The van der Waals surface area contributed by atoms with Crippen LogP contribution in [0.3, 0.4) is 0 Å². The van der Waals surface area contributed by atoms with Crippen LogP contribution >= 0.6 is 11.8 Å². The summed E-state index contributed by atoms with van der Waals surface area (Å²) >= 11 is 1.80. The number of carbonyl (C=O) groups excluding carboxylic acids is 1. The van der Waals surface area contributed by atoms with Crippen molar-refractivity contribution in [2.24, 2.45) is 0 Å². The minimum atomic E-state index is -0.118. The first-order chi connectivity index (χ1) is 20.8. The number of hydrogen-bond donors (Lipinski definition) is 1. The normalized spacial score (nSPS) is 13.0. The molecular formula is C37H57N3O2S. The zero-order valence-electron chi connectivity index (χ0n) is 27.6. The number of carbonyl (C=O) groups is 1. The summed E-state index contributed by atoms with van der Waals surface area (Å²) in [6.45, 7) is 11.0. The minimum Gasteiger partial charge on any atom is -0.493 e. The molecule has 1 N–H and O–H groups in total. The second-order valence-electron chi connectivity index (χ2n) is 13.0. The van der Waals surface area contributed by atoms with Crippen LogP contribution < -0.4 is 15.0 Å². The summed E-state index contributed by atoms with van der Waals surface area (Å²) in [4.78, 5) is 17.1. The molecule has 0 atom stereocenters. The zero-order chi connectivity index (χ0) is 30.9. The van der Waals surface area contributed by atoms with E-state index in [1.165, 1.54) is 81.8 Å². The molecule has 0 aromatic heterocycles. The van der Waals surface area contributed by atoms with E-state index >= 15 is 0 Å². The second kappa shape index (κ2) is 18.9. The van der Waals surface area contributed by atoms with E-state index in [0.29, 0.717) is 6.54 Å². The summed E-state index contributed by atoms with van der Waals surface area (Å²) < 4.78 is 6.43. The van der Waals surface area contributed by atoms with E-state index < -0.39 is 0 Å². The lowest BCUT2D eigenvalue weighted by molar-refractivity contribution is 0.248. The number of thioether (sulfide) groups is 1. The van der Waals surface area contributed by atoms with Crippen molar-refractivity contribution in [3.05, 3.63) is 70.8 Å². The number of nitrogens with one attached hydrogen (secondary N) is 1. The van der Waals surface area contributed by atoms with Gasteiger partial charge >= 0.3 is 6.03 Å². The fourth-order valence-corrected chi connectivity index (χ4v) is 6.31. The average molecular weight is 608 g/mol. The summed E-state index contributed by atoms with van der Waals surface area (Å²) in [6.07, 6.45) is 18.1. The Morgan fingerprint density at radius 1 is 0.907 bits per heavy atom. The van der Waals surface area contributed by atoms with E-state index in [0.717, 1.165) is 42.4 Å². The van der Waals surface area contributed by atoms with E-state index in [9.17, 15) is 4.79 Å². The van der Waals surface area contributed by atoms with Gasteiger partial charge in [-0.15, -0.1) is 11.8 Å². The van der Waals surface area contributed by atoms with Gasteiger partial charge in [-0.05, 0) is 52.1 Å². The molecule has 0 spiro atoms. The van der Waals surface area contributed by atoms with Gasteiger partial charge in [-0.25, -0.2) is 4.79 Å². The topological polar surface area (TPSA) is 44.8 Å². The van der Waals surface area contributed by atoms with Crippen LogP contribution in [0.2, 0.25) is 0 Å². The van der Waals surface area contributed by atoms with Gasteiger partial charge in [0.15, 0.2) is 0 Å². The van der Waals surface area contributed by atoms with Crippen molar-refractivity contribution in [1.82, 2.24) is 10.2 Å². The van der Waals surface area contributed by atoms with E-state index in [2.05, 4.69) is 79.9 Å². The van der Waals surface area contributed by atoms with Gasteiger partial charge < -0.3 is 15.0 Å². The molecule has 0 saturated heterocycles. The van der Waals surface area contributed by atoms with Gasteiger partial charge in [0.25, 0.3) is 0 Å². The van der Waals surface area contributed by atoms with Crippen LogP contribution in [-0.4, -0.2) is 30.5 Å². The number of urea groups is 1. The molecule has 3 rings (SSSR count).